The summed E-state index contributed by atoms with van der Waals surface area (Å²) in [6.07, 6.45) is 8.72. The van der Waals surface area contributed by atoms with Gasteiger partial charge in [0.1, 0.15) is 17.8 Å². The number of hydrogen-bond acceptors (Lipinski definition) is 3. The molecule has 0 amide bonds. The molecule has 3 heteroatoms. The number of aldehydes is 1. The van der Waals surface area contributed by atoms with Crippen molar-refractivity contribution in [2.75, 3.05) is 0 Å². The number of aryl methyl sites for hydroxylation is 1. The van der Waals surface area contributed by atoms with Gasteiger partial charge in [0.25, 0.3) is 0 Å². The van der Waals surface area contributed by atoms with E-state index < -0.39 is 0 Å². The fraction of sp³-hybridized carbons (Fsp3) is 0.476. The van der Waals surface area contributed by atoms with Gasteiger partial charge in [0, 0.05) is 11.5 Å². The van der Waals surface area contributed by atoms with Crippen LogP contribution in [0, 0.1) is 5.92 Å². The fourth-order valence-electron chi connectivity index (χ4n) is 3.60. The SMILES string of the molecule is C=C(C=O)[C@@H]1CCC(C)=CC1c1c(O)cc(CCCCC)cc1O. The number of phenols is 2. The van der Waals surface area contributed by atoms with E-state index in [-0.39, 0.29) is 23.3 Å². The van der Waals surface area contributed by atoms with E-state index in [1.54, 1.807) is 12.1 Å². The molecule has 0 saturated carbocycles. The van der Waals surface area contributed by atoms with Gasteiger partial charge < -0.3 is 10.2 Å². The number of carbonyl (C=O) groups is 1. The summed E-state index contributed by atoms with van der Waals surface area (Å²) in [5, 5.41) is 21.1. The lowest BCUT2D eigenvalue weighted by atomic mass is 9.73. The van der Waals surface area contributed by atoms with E-state index in [9.17, 15) is 15.0 Å². The summed E-state index contributed by atoms with van der Waals surface area (Å²) >= 11 is 0. The van der Waals surface area contributed by atoms with Crippen LogP contribution in [0.15, 0.2) is 35.9 Å². The molecule has 0 spiro atoms. The van der Waals surface area contributed by atoms with Crippen LogP contribution in [0.3, 0.4) is 0 Å². The number of benzene rings is 1. The second-order valence-electron chi connectivity index (χ2n) is 6.88. The lowest BCUT2D eigenvalue weighted by molar-refractivity contribution is -0.105. The van der Waals surface area contributed by atoms with E-state index in [2.05, 4.69) is 13.5 Å². The van der Waals surface area contributed by atoms with Crippen LogP contribution in [0.25, 0.3) is 0 Å². The molecule has 1 unspecified atom stereocenters. The first kappa shape index (κ1) is 18.3. The highest BCUT2D eigenvalue weighted by Gasteiger charge is 2.31. The molecular formula is C21H28O3. The van der Waals surface area contributed by atoms with Gasteiger partial charge in [-0.1, -0.05) is 38.0 Å². The van der Waals surface area contributed by atoms with E-state index in [0.29, 0.717) is 11.1 Å². The van der Waals surface area contributed by atoms with Crippen LogP contribution in [0.5, 0.6) is 11.5 Å². The quantitative estimate of drug-likeness (QED) is 0.319. The maximum Gasteiger partial charge on any atom is 0.145 e. The van der Waals surface area contributed by atoms with Crippen LogP contribution in [0.4, 0.5) is 0 Å². The molecule has 0 fully saturated rings. The van der Waals surface area contributed by atoms with Gasteiger partial charge >= 0.3 is 0 Å². The monoisotopic (exact) mass is 328 g/mol. The predicted octanol–water partition coefficient (Wildman–Crippen LogP) is 5.03. The molecule has 2 atom stereocenters. The van der Waals surface area contributed by atoms with Crippen molar-refractivity contribution in [2.24, 2.45) is 5.92 Å². The highest BCUT2D eigenvalue weighted by Crippen LogP contribution is 2.46. The van der Waals surface area contributed by atoms with Gasteiger partial charge in [0.2, 0.25) is 0 Å². The molecule has 0 heterocycles. The summed E-state index contributed by atoms with van der Waals surface area (Å²) in [7, 11) is 0. The van der Waals surface area contributed by atoms with E-state index in [4.69, 9.17) is 0 Å². The topological polar surface area (TPSA) is 57.5 Å². The lowest BCUT2D eigenvalue weighted by Gasteiger charge is -2.31. The largest absolute Gasteiger partial charge is 0.507 e. The summed E-state index contributed by atoms with van der Waals surface area (Å²) < 4.78 is 0. The van der Waals surface area contributed by atoms with Crippen LogP contribution >= 0.6 is 0 Å². The molecule has 1 aliphatic carbocycles. The van der Waals surface area contributed by atoms with Gasteiger partial charge in [-0.05, 0) is 61.8 Å². The molecule has 0 aromatic heterocycles. The third kappa shape index (κ3) is 4.08. The number of carbonyl (C=O) groups excluding carboxylic acids is 1. The molecule has 2 rings (SSSR count). The molecule has 130 valence electrons. The highest BCUT2D eigenvalue weighted by molar-refractivity contribution is 5.74. The van der Waals surface area contributed by atoms with Gasteiger partial charge in [-0.25, -0.2) is 0 Å². The van der Waals surface area contributed by atoms with Gasteiger partial charge in [-0.2, -0.15) is 0 Å². The second-order valence-corrected chi connectivity index (χ2v) is 6.88. The standard InChI is InChI=1S/C21H28O3/c1-4-5-6-7-16-11-19(23)21(20(24)12-16)18-10-14(2)8-9-17(18)15(3)13-22/h10-13,17-18,23-24H,3-9H2,1-2H3/t17-,18?/m0/s1. The van der Waals surface area contributed by atoms with Crippen LogP contribution in [0.2, 0.25) is 0 Å². The van der Waals surface area contributed by atoms with Gasteiger partial charge in [0.05, 0.1) is 0 Å². The molecule has 0 saturated heterocycles. The van der Waals surface area contributed by atoms with Crippen LogP contribution in [0.1, 0.15) is 63.0 Å². The average Bonchev–Trinajstić information content (AvgIpc) is 2.54. The molecule has 0 aliphatic heterocycles. The van der Waals surface area contributed by atoms with Crippen molar-refractivity contribution in [3.8, 4) is 11.5 Å². The number of hydrogen-bond donors (Lipinski definition) is 2. The van der Waals surface area contributed by atoms with Crippen LogP contribution in [-0.2, 0) is 11.2 Å². The van der Waals surface area contributed by atoms with Crippen molar-refractivity contribution >= 4 is 6.29 Å². The molecule has 2 N–H and O–H groups in total. The zero-order chi connectivity index (χ0) is 17.7. The Morgan fingerprint density at radius 2 is 1.96 bits per heavy atom. The summed E-state index contributed by atoms with van der Waals surface area (Å²) in [5.74, 6) is -0.0580. The van der Waals surface area contributed by atoms with Gasteiger partial charge in [-0.15, -0.1) is 0 Å². The maximum atomic E-state index is 11.2. The van der Waals surface area contributed by atoms with Gasteiger partial charge in [0.15, 0.2) is 0 Å². The summed E-state index contributed by atoms with van der Waals surface area (Å²) in [4.78, 5) is 11.2. The maximum absolute atomic E-state index is 11.2. The second kappa shape index (κ2) is 8.18. The summed E-state index contributed by atoms with van der Waals surface area (Å²) in [6.45, 7) is 8.05. The smallest absolute Gasteiger partial charge is 0.145 e. The van der Waals surface area contributed by atoms with Crippen molar-refractivity contribution < 1.29 is 15.0 Å². The minimum absolute atomic E-state index is 0.0751. The van der Waals surface area contributed by atoms with E-state index in [1.807, 2.05) is 13.0 Å². The highest BCUT2D eigenvalue weighted by atomic mass is 16.3. The summed E-state index contributed by atoms with van der Waals surface area (Å²) in [6, 6.07) is 3.51. The predicted molar refractivity (Wildman–Crippen MR) is 97.4 cm³/mol. The third-order valence-electron chi connectivity index (χ3n) is 4.97. The Kier molecular flexibility index (Phi) is 6.24. The number of rotatable bonds is 7. The third-order valence-corrected chi connectivity index (χ3v) is 4.97. The number of unbranched alkanes of at least 4 members (excludes halogenated alkanes) is 2. The Bertz CT molecular complexity index is 619. The fourth-order valence-corrected chi connectivity index (χ4v) is 3.60. The minimum Gasteiger partial charge on any atom is -0.507 e. The van der Waals surface area contributed by atoms with Crippen molar-refractivity contribution in [1.29, 1.82) is 0 Å². The molecule has 0 radical (unpaired) electrons. The lowest BCUT2D eigenvalue weighted by Crippen LogP contribution is -2.18. The van der Waals surface area contributed by atoms with Gasteiger partial charge in [-0.3, -0.25) is 4.79 Å². The molecular weight excluding hydrogens is 300 g/mol. The Balaban J connectivity index is 2.36. The number of phenolic OH excluding ortho intramolecular Hbond substituents is 2. The van der Waals surface area contributed by atoms with Crippen molar-refractivity contribution in [3.05, 3.63) is 47.1 Å². The molecule has 1 aromatic rings. The molecule has 3 nitrogen and oxygen atoms in total. The Morgan fingerprint density at radius 3 is 2.54 bits per heavy atom. The summed E-state index contributed by atoms with van der Waals surface area (Å²) in [5.41, 5.74) is 3.20. The molecule has 1 aliphatic rings. The molecule has 1 aromatic carbocycles. The minimum atomic E-state index is -0.207. The number of allylic oxidation sites excluding steroid dienone is 3. The Labute approximate surface area is 144 Å². The Morgan fingerprint density at radius 1 is 1.29 bits per heavy atom. The van der Waals surface area contributed by atoms with E-state index in [1.165, 1.54) is 5.57 Å². The molecule has 0 bridgehead atoms. The Hall–Kier alpha value is -2.03. The zero-order valence-electron chi connectivity index (χ0n) is 14.7. The molecule has 24 heavy (non-hydrogen) atoms. The average molecular weight is 328 g/mol. The van der Waals surface area contributed by atoms with Crippen LogP contribution < -0.4 is 0 Å². The first-order chi connectivity index (χ1) is 11.5. The number of aromatic hydroxyl groups is 2. The van der Waals surface area contributed by atoms with E-state index >= 15 is 0 Å². The van der Waals surface area contributed by atoms with E-state index in [0.717, 1.165) is 50.4 Å². The van der Waals surface area contributed by atoms with Crippen molar-refractivity contribution in [3.63, 3.8) is 0 Å². The van der Waals surface area contributed by atoms with Crippen LogP contribution in [-0.4, -0.2) is 16.5 Å². The first-order valence-corrected chi connectivity index (χ1v) is 8.83. The first-order valence-electron chi connectivity index (χ1n) is 8.83. The normalized spacial score (nSPS) is 20.5. The van der Waals surface area contributed by atoms with Crippen molar-refractivity contribution in [2.45, 2.75) is 58.3 Å². The van der Waals surface area contributed by atoms with Crippen molar-refractivity contribution in [1.82, 2.24) is 0 Å². The zero-order valence-corrected chi connectivity index (χ0v) is 14.7.